The standard InChI is InChI=1S/C9H14N2O3S/c1-10-15(12,13)11-7-8-14-9-5-3-2-4-6-9/h2-6,10-11H,7-8H2,1H3. The van der Waals surface area contributed by atoms with E-state index in [4.69, 9.17) is 4.74 Å². The third-order valence-corrected chi connectivity index (χ3v) is 2.80. The zero-order valence-electron chi connectivity index (χ0n) is 8.43. The molecule has 0 aliphatic heterocycles. The van der Waals surface area contributed by atoms with E-state index in [1.54, 1.807) is 0 Å². The highest BCUT2D eigenvalue weighted by Crippen LogP contribution is 2.07. The van der Waals surface area contributed by atoms with Gasteiger partial charge in [-0.25, -0.2) is 4.72 Å². The van der Waals surface area contributed by atoms with Crippen molar-refractivity contribution < 1.29 is 13.2 Å². The fourth-order valence-electron chi connectivity index (χ4n) is 0.934. The van der Waals surface area contributed by atoms with Gasteiger partial charge in [-0.15, -0.1) is 0 Å². The predicted octanol–water partition coefficient (Wildman–Crippen LogP) is 0.119. The Labute approximate surface area is 89.6 Å². The summed E-state index contributed by atoms with van der Waals surface area (Å²) in [5, 5.41) is 0. The Morgan fingerprint density at radius 2 is 1.93 bits per heavy atom. The molecule has 0 atom stereocenters. The van der Waals surface area contributed by atoms with Crippen LogP contribution in [0.4, 0.5) is 0 Å². The summed E-state index contributed by atoms with van der Waals surface area (Å²) < 4.78 is 31.6. The average molecular weight is 230 g/mol. The molecule has 0 aliphatic carbocycles. The van der Waals surface area contributed by atoms with Crippen LogP contribution in [-0.2, 0) is 10.2 Å². The molecular weight excluding hydrogens is 216 g/mol. The van der Waals surface area contributed by atoms with Gasteiger partial charge >= 0.3 is 0 Å². The first kappa shape index (κ1) is 12.0. The van der Waals surface area contributed by atoms with Crippen LogP contribution < -0.4 is 14.2 Å². The minimum absolute atomic E-state index is 0.234. The lowest BCUT2D eigenvalue weighted by atomic mass is 10.3. The van der Waals surface area contributed by atoms with E-state index in [0.717, 1.165) is 5.75 Å². The molecule has 0 aliphatic rings. The highest BCUT2D eigenvalue weighted by Gasteiger charge is 2.03. The van der Waals surface area contributed by atoms with E-state index in [1.165, 1.54) is 7.05 Å². The van der Waals surface area contributed by atoms with Crippen molar-refractivity contribution in [1.82, 2.24) is 9.44 Å². The number of rotatable bonds is 6. The molecule has 5 nitrogen and oxygen atoms in total. The Morgan fingerprint density at radius 3 is 2.53 bits per heavy atom. The summed E-state index contributed by atoms with van der Waals surface area (Å²) in [4.78, 5) is 0. The maximum Gasteiger partial charge on any atom is 0.276 e. The monoisotopic (exact) mass is 230 g/mol. The SMILES string of the molecule is CNS(=O)(=O)NCCOc1ccccc1. The smallest absolute Gasteiger partial charge is 0.276 e. The molecule has 0 amide bonds. The molecule has 1 aromatic carbocycles. The summed E-state index contributed by atoms with van der Waals surface area (Å²) >= 11 is 0. The second-order valence-electron chi connectivity index (χ2n) is 2.76. The van der Waals surface area contributed by atoms with Crippen molar-refractivity contribution in [2.24, 2.45) is 0 Å². The number of para-hydroxylation sites is 1. The Hall–Kier alpha value is -1.11. The van der Waals surface area contributed by atoms with Crippen LogP contribution in [0.25, 0.3) is 0 Å². The predicted molar refractivity (Wildman–Crippen MR) is 57.9 cm³/mol. The molecule has 0 spiro atoms. The molecule has 0 radical (unpaired) electrons. The fourth-order valence-corrected chi connectivity index (χ4v) is 1.43. The third-order valence-electron chi connectivity index (χ3n) is 1.67. The molecule has 0 saturated heterocycles. The summed E-state index contributed by atoms with van der Waals surface area (Å²) in [7, 11) is -2.01. The number of benzene rings is 1. The van der Waals surface area contributed by atoms with Crippen LogP contribution >= 0.6 is 0 Å². The van der Waals surface area contributed by atoms with Gasteiger partial charge in [0.2, 0.25) is 0 Å². The molecule has 1 aromatic rings. The Kier molecular flexibility index (Phi) is 4.54. The van der Waals surface area contributed by atoms with Crippen molar-refractivity contribution in [2.45, 2.75) is 0 Å². The van der Waals surface area contributed by atoms with Crippen molar-refractivity contribution in [3.8, 4) is 5.75 Å². The zero-order chi connectivity index (χ0) is 11.1. The quantitative estimate of drug-likeness (QED) is 0.682. The molecule has 2 N–H and O–H groups in total. The zero-order valence-corrected chi connectivity index (χ0v) is 9.25. The van der Waals surface area contributed by atoms with Gasteiger partial charge in [-0.05, 0) is 12.1 Å². The minimum atomic E-state index is -3.35. The summed E-state index contributed by atoms with van der Waals surface area (Å²) in [5.41, 5.74) is 0. The topological polar surface area (TPSA) is 67.4 Å². The van der Waals surface area contributed by atoms with E-state index >= 15 is 0 Å². The van der Waals surface area contributed by atoms with Crippen LogP contribution in [0.1, 0.15) is 0 Å². The summed E-state index contributed by atoms with van der Waals surface area (Å²) in [6.45, 7) is 0.531. The molecule has 0 bridgehead atoms. The number of hydrogen-bond acceptors (Lipinski definition) is 3. The van der Waals surface area contributed by atoms with Gasteiger partial charge in [0.25, 0.3) is 10.2 Å². The van der Waals surface area contributed by atoms with Crippen molar-refractivity contribution in [3.05, 3.63) is 30.3 Å². The van der Waals surface area contributed by atoms with Crippen LogP contribution in [0.3, 0.4) is 0 Å². The van der Waals surface area contributed by atoms with Crippen LogP contribution in [-0.4, -0.2) is 28.6 Å². The van der Waals surface area contributed by atoms with E-state index in [9.17, 15) is 8.42 Å². The molecule has 84 valence electrons. The Morgan fingerprint density at radius 1 is 1.27 bits per heavy atom. The van der Waals surface area contributed by atoms with Gasteiger partial charge in [-0.2, -0.15) is 13.1 Å². The van der Waals surface area contributed by atoms with E-state index < -0.39 is 10.2 Å². The first-order valence-corrected chi connectivity index (χ1v) is 5.98. The largest absolute Gasteiger partial charge is 0.492 e. The fraction of sp³-hybridized carbons (Fsp3) is 0.333. The van der Waals surface area contributed by atoms with E-state index in [1.807, 2.05) is 30.3 Å². The van der Waals surface area contributed by atoms with Crippen molar-refractivity contribution in [1.29, 1.82) is 0 Å². The molecule has 0 fully saturated rings. The highest BCUT2D eigenvalue weighted by atomic mass is 32.2. The molecule has 15 heavy (non-hydrogen) atoms. The lowest BCUT2D eigenvalue weighted by Gasteiger charge is -2.07. The van der Waals surface area contributed by atoms with E-state index in [2.05, 4.69) is 9.44 Å². The van der Waals surface area contributed by atoms with Gasteiger partial charge < -0.3 is 4.74 Å². The van der Waals surface area contributed by atoms with Gasteiger partial charge in [0, 0.05) is 13.6 Å². The number of ether oxygens (including phenoxy) is 1. The Balaban J connectivity index is 2.24. The van der Waals surface area contributed by atoms with Gasteiger partial charge in [-0.3, -0.25) is 0 Å². The number of hydrogen-bond donors (Lipinski definition) is 2. The van der Waals surface area contributed by atoms with Gasteiger partial charge in [-0.1, -0.05) is 18.2 Å². The molecule has 0 unspecified atom stereocenters. The number of nitrogens with one attached hydrogen (secondary N) is 2. The molecule has 0 aromatic heterocycles. The molecule has 0 heterocycles. The summed E-state index contributed by atoms with van der Waals surface area (Å²) in [6.07, 6.45) is 0. The maximum atomic E-state index is 10.9. The van der Waals surface area contributed by atoms with Crippen LogP contribution in [0.15, 0.2) is 30.3 Å². The second-order valence-corrected chi connectivity index (χ2v) is 4.47. The van der Waals surface area contributed by atoms with Crippen LogP contribution in [0.5, 0.6) is 5.75 Å². The summed E-state index contributed by atoms with van der Waals surface area (Å²) in [5.74, 6) is 0.723. The van der Waals surface area contributed by atoms with Crippen molar-refractivity contribution >= 4 is 10.2 Å². The van der Waals surface area contributed by atoms with E-state index in [0.29, 0.717) is 6.61 Å². The minimum Gasteiger partial charge on any atom is -0.492 e. The van der Waals surface area contributed by atoms with Gasteiger partial charge in [0.05, 0.1) is 0 Å². The normalized spacial score (nSPS) is 11.3. The lowest BCUT2D eigenvalue weighted by Crippen LogP contribution is -2.36. The van der Waals surface area contributed by atoms with Crippen LogP contribution in [0, 0.1) is 0 Å². The first-order chi connectivity index (χ1) is 7.14. The lowest BCUT2D eigenvalue weighted by molar-refractivity contribution is 0.322. The maximum absolute atomic E-state index is 10.9. The Bertz CT molecular complexity index is 378. The van der Waals surface area contributed by atoms with Crippen molar-refractivity contribution in [2.75, 3.05) is 20.2 Å². The van der Waals surface area contributed by atoms with Crippen molar-refractivity contribution in [3.63, 3.8) is 0 Å². The van der Waals surface area contributed by atoms with Gasteiger partial charge in [0.15, 0.2) is 0 Å². The summed E-state index contributed by atoms with van der Waals surface area (Å²) in [6, 6.07) is 9.22. The second kappa shape index (κ2) is 5.69. The molecule has 6 heteroatoms. The third kappa shape index (κ3) is 4.78. The van der Waals surface area contributed by atoms with Crippen LogP contribution in [0.2, 0.25) is 0 Å². The first-order valence-electron chi connectivity index (χ1n) is 4.50. The van der Waals surface area contributed by atoms with E-state index in [-0.39, 0.29) is 6.54 Å². The average Bonchev–Trinajstić information content (AvgIpc) is 2.26. The molecule has 1 rings (SSSR count). The highest BCUT2D eigenvalue weighted by molar-refractivity contribution is 7.87. The molecule has 0 saturated carbocycles. The molecular formula is C9H14N2O3S. The van der Waals surface area contributed by atoms with Gasteiger partial charge in [0.1, 0.15) is 12.4 Å².